The van der Waals surface area contributed by atoms with Gasteiger partial charge in [-0.05, 0) is 31.5 Å². The standard InChI is InChI=1S/C13H20NO5P/c1-3-18-20(15,19-4-2)13(14)10-5-6-11-12(9-10)17-8-7-16-11/h5-6,9,13H,3-4,7-8,14H2,1-2H3/t13-/m1/s1. The van der Waals surface area contributed by atoms with Gasteiger partial charge in [-0.2, -0.15) is 0 Å². The van der Waals surface area contributed by atoms with Gasteiger partial charge in [0.25, 0.3) is 0 Å². The Morgan fingerprint density at radius 1 is 1.20 bits per heavy atom. The van der Waals surface area contributed by atoms with E-state index in [2.05, 4.69) is 0 Å². The molecule has 0 aromatic heterocycles. The van der Waals surface area contributed by atoms with Gasteiger partial charge in [-0.15, -0.1) is 0 Å². The molecule has 1 aliphatic rings. The Kier molecular flexibility index (Phi) is 5.05. The summed E-state index contributed by atoms with van der Waals surface area (Å²) in [5, 5.41) is 0. The minimum absolute atomic E-state index is 0.273. The van der Waals surface area contributed by atoms with E-state index >= 15 is 0 Å². The molecule has 0 unspecified atom stereocenters. The molecule has 6 nitrogen and oxygen atoms in total. The maximum absolute atomic E-state index is 12.6. The van der Waals surface area contributed by atoms with Crippen molar-refractivity contribution in [2.75, 3.05) is 26.4 Å². The third kappa shape index (κ3) is 3.15. The summed E-state index contributed by atoms with van der Waals surface area (Å²) >= 11 is 0. The van der Waals surface area contributed by atoms with Crippen LogP contribution in [0.25, 0.3) is 0 Å². The molecule has 0 aliphatic carbocycles. The molecular formula is C13H20NO5P. The van der Waals surface area contributed by atoms with Gasteiger partial charge in [-0.1, -0.05) is 6.07 Å². The lowest BCUT2D eigenvalue weighted by atomic mass is 10.2. The molecule has 0 bridgehead atoms. The molecule has 0 radical (unpaired) electrons. The van der Waals surface area contributed by atoms with E-state index in [1.807, 2.05) is 0 Å². The van der Waals surface area contributed by atoms with E-state index < -0.39 is 13.4 Å². The summed E-state index contributed by atoms with van der Waals surface area (Å²) < 4.78 is 34.1. The first-order chi connectivity index (χ1) is 9.60. The van der Waals surface area contributed by atoms with Gasteiger partial charge in [0.05, 0.1) is 13.2 Å². The van der Waals surface area contributed by atoms with Crippen LogP contribution in [-0.4, -0.2) is 26.4 Å². The first kappa shape index (κ1) is 15.3. The Hall–Kier alpha value is -1.07. The Balaban J connectivity index is 2.27. The van der Waals surface area contributed by atoms with E-state index in [0.717, 1.165) is 0 Å². The molecule has 20 heavy (non-hydrogen) atoms. The van der Waals surface area contributed by atoms with E-state index in [9.17, 15) is 4.57 Å². The fourth-order valence-corrected chi connectivity index (χ4v) is 3.63. The summed E-state index contributed by atoms with van der Waals surface area (Å²) in [7, 11) is -3.39. The average Bonchev–Trinajstić information content (AvgIpc) is 2.46. The van der Waals surface area contributed by atoms with E-state index in [1.54, 1.807) is 32.0 Å². The Labute approximate surface area is 118 Å². The summed E-state index contributed by atoms with van der Waals surface area (Å²) in [6.45, 7) is 5.06. The highest BCUT2D eigenvalue weighted by Gasteiger charge is 2.34. The molecule has 1 atom stereocenters. The predicted molar refractivity (Wildman–Crippen MR) is 75.2 cm³/mol. The highest BCUT2D eigenvalue weighted by atomic mass is 31.2. The summed E-state index contributed by atoms with van der Waals surface area (Å²) in [5.74, 6) is 0.414. The fourth-order valence-electron chi connectivity index (χ4n) is 1.98. The summed E-state index contributed by atoms with van der Waals surface area (Å²) in [6, 6.07) is 5.23. The molecule has 0 fully saturated rings. The topological polar surface area (TPSA) is 80.0 Å². The first-order valence-corrected chi connectivity index (χ1v) is 8.25. The Morgan fingerprint density at radius 2 is 1.80 bits per heavy atom. The third-order valence-corrected chi connectivity index (χ3v) is 5.08. The molecule has 1 aliphatic heterocycles. The molecule has 7 heteroatoms. The average molecular weight is 301 g/mol. The van der Waals surface area contributed by atoms with Gasteiger partial charge in [-0.25, -0.2) is 0 Å². The second kappa shape index (κ2) is 6.59. The van der Waals surface area contributed by atoms with Crippen LogP contribution in [-0.2, 0) is 13.6 Å². The summed E-state index contributed by atoms with van der Waals surface area (Å²) in [4.78, 5) is 0. The van der Waals surface area contributed by atoms with Crippen molar-refractivity contribution >= 4 is 7.60 Å². The molecule has 2 N–H and O–H groups in total. The molecule has 112 valence electrons. The zero-order chi connectivity index (χ0) is 14.6. The van der Waals surface area contributed by atoms with Crippen molar-refractivity contribution < 1.29 is 23.1 Å². The second-order valence-electron chi connectivity index (χ2n) is 4.22. The highest BCUT2D eigenvalue weighted by Crippen LogP contribution is 2.58. The number of nitrogens with two attached hydrogens (primary N) is 1. The molecule has 1 heterocycles. The van der Waals surface area contributed by atoms with Gasteiger partial charge in [-0.3, -0.25) is 4.57 Å². The minimum Gasteiger partial charge on any atom is -0.486 e. The van der Waals surface area contributed by atoms with Crippen LogP contribution in [0.4, 0.5) is 0 Å². The maximum Gasteiger partial charge on any atom is 0.351 e. The lowest BCUT2D eigenvalue weighted by Gasteiger charge is -2.25. The molecule has 0 spiro atoms. The fraction of sp³-hybridized carbons (Fsp3) is 0.538. The molecule has 1 aromatic carbocycles. The van der Waals surface area contributed by atoms with Gasteiger partial charge in [0.15, 0.2) is 11.5 Å². The number of fused-ring (bicyclic) bond motifs is 1. The molecule has 2 rings (SSSR count). The first-order valence-electron chi connectivity index (χ1n) is 6.64. The summed E-state index contributed by atoms with van der Waals surface area (Å²) in [6.07, 6.45) is 0. The SMILES string of the molecule is CCOP(=O)(OCC)[C@@H](N)c1ccc2c(c1)OCCO2. The van der Waals surface area contributed by atoms with Crippen LogP contribution < -0.4 is 15.2 Å². The van der Waals surface area contributed by atoms with Gasteiger partial charge in [0, 0.05) is 0 Å². The minimum atomic E-state index is -3.39. The van der Waals surface area contributed by atoms with Crippen LogP contribution in [0.15, 0.2) is 18.2 Å². The molecule has 0 amide bonds. The number of hydrogen-bond donors (Lipinski definition) is 1. The molecule has 0 saturated heterocycles. The van der Waals surface area contributed by atoms with Crippen molar-refractivity contribution in [3.8, 4) is 11.5 Å². The van der Waals surface area contributed by atoms with Crippen LogP contribution in [0.5, 0.6) is 11.5 Å². The zero-order valence-electron chi connectivity index (χ0n) is 11.7. The Bertz CT molecular complexity index is 498. The zero-order valence-corrected chi connectivity index (χ0v) is 12.6. The van der Waals surface area contributed by atoms with Gasteiger partial charge >= 0.3 is 7.60 Å². The van der Waals surface area contributed by atoms with Crippen molar-refractivity contribution in [1.29, 1.82) is 0 Å². The smallest absolute Gasteiger partial charge is 0.351 e. The number of hydrogen-bond acceptors (Lipinski definition) is 6. The third-order valence-electron chi connectivity index (χ3n) is 2.87. The number of benzene rings is 1. The lowest BCUT2D eigenvalue weighted by molar-refractivity contribution is 0.171. The van der Waals surface area contributed by atoms with Crippen molar-refractivity contribution in [2.24, 2.45) is 5.73 Å². The monoisotopic (exact) mass is 301 g/mol. The largest absolute Gasteiger partial charge is 0.486 e. The molecule has 0 saturated carbocycles. The normalized spacial score (nSPS) is 15.9. The van der Waals surface area contributed by atoms with Crippen LogP contribution in [0.1, 0.15) is 25.2 Å². The number of ether oxygens (including phenoxy) is 2. The molecule has 1 aromatic rings. The Morgan fingerprint density at radius 3 is 2.40 bits per heavy atom. The van der Waals surface area contributed by atoms with Crippen molar-refractivity contribution in [3.63, 3.8) is 0 Å². The molecular weight excluding hydrogens is 281 g/mol. The van der Waals surface area contributed by atoms with E-state index in [4.69, 9.17) is 24.3 Å². The van der Waals surface area contributed by atoms with Crippen molar-refractivity contribution in [1.82, 2.24) is 0 Å². The van der Waals surface area contributed by atoms with Crippen molar-refractivity contribution in [3.05, 3.63) is 23.8 Å². The van der Waals surface area contributed by atoms with Gasteiger partial charge < -0.3 is 24.3 Å². The van der Waals surface area contributed by atoms with E-state index in [1.165, 1.54) is 0 Å². The van der Waals surface area contributed by atoms with E-state index in [0.29, 0.717) is 30.3 Å². The van der Waals surface area contributed by atoms with Gasteiger partial charge in [0.1, 0.15) is 19.0 Å². The second-order valence-corrected chi connectivity index (χ2v) is 6.38. The summed E-state index contributed by atoms with van der Waals surface area (Å²) in [5.41, 5.74) is 6.71. The maximum atomic E-state index is 12.6. The van der Waals surface area contributed by atoms with E-state index in [-0.39, 0.29) is 13.2 Å². The quantitative estimate of drug-likeness (QED) is 0.814. The predicted octanol–water partition coefficient (Wildman–Crippen LogP) is 2.68. The lowest BCUT2D eigenvalue weighted by Crippen LogP contribution is -2.18. The highest BCUT2D eigenvalue weighted by molar-refractivity contribution is 7.54. The van der Waals surface area contributed by atoms with Crippen LogP contribution in [0.2, 0.25) is 0 Å². The van der Waals surface area contributed by atoms with Gasteiger partial charge in [0.2, 0.25) is 0 Å². The number of rotatable bonds is 6. The van der Waals surface area contributed by atoms with Crippen LogP contribution in [0, 0.1) is 0 Å². The van der Waals surface area contributed by atoms with Crippen molar-refractivity contribution in [2.45, 2.75) is 19.6 Å². The van der Waals surface area contributed by atoms with Crippen LogP contribution >= 0.6 is 7.60 Å². The van der Waals surface area contributed by atoms with Crippen LogP contribution in [0.3, 0.4) is 0 Å².